The Morgan fingerprint density at radius 3 is 3.08 bits per heavy atom. The van der Waals surface area contributed by atoms with E-state index in [1.54, 1.807) is 0 Å². The van der Waals surface area contributed by atoms with Gasteiger partial charge >= 0.3 is 0 Å². The third kappa shape index (κ3) is 1.55. The maximum atomic E-state index is 5.51. The van der Waals surface area contributed by atoms with Crippen LogP contribution in [-0.4, -0.2) is 11.2 Å². The Morgan fingerprint density at radius 1 is 1.54 bits per heavy atom. The summed E-state index contributed by atoms with van der Waals surface area (Å²) >= 11 is 1.50. The first-order chi connectivity index (χ1) is 6.33. The minimum Gasteiger partial charge on any atom is -0.431 e. The number of aromatic nitrogens is 1. The van der Waals surface area contributed by atoms with E-state index in [1.165, 1.54) is 11.8 Å². The Labute approximate surface area is 80.3 Å². The first kappa shape index (κ1) is 8.59. The minimum atomic E-state index is 0.533. The van der Waals surface area contributed by atoms with Gasteiger partial charge in [0.2, 0.25) is 0 Å². The second-order valence-electron chi connectivity index (χ2n) is 2.69. The lowest BCUT2D eigenvalue weighted by atomic mass is 10.2. The quantitative estimate of drug-likeness (QED) is 0.743. The Morgan fingerprint density at radius 2 is 2.38 bits per heavy atom. The third-order valence-corrected chi connectivity index (χ3v) is 2.37. The van der Waals surface area contributed by atoms with Gasteiger partial charge in [0.05, 0.1) is 0 Å². The highest BCUT2D eigenvalue weighted by Gasteiger charge is 2.04. The van der Waals surface area contributed by atoms with Crippen molar-refractivity contribution in [3.8, 4) is 0 Å². The van der Waals surface area contributed by atoms with Crippen molar-refractivity contribution in [2.45, 2.75) is 11.8 Å². The molecule has 4 heteroatoms. The van der Waals surface area contributed by atoms with Crippen molar-refractivity contribution in [1.29, 1.82) is 0 Å². The van der Waals surface area contributed by atoms with Crippen LogP contribution in [0.25, 0.3) is 11.1 Å². The fourth-order valence-corrected chi connectivity index (χ4v) is 1.52. The second-order valence-corrected chi connectivity index (χ2v) is 3.45. The molecule has 3 nitrogen and oxygen atoms in total. The third-order valence-electron chi connectivity index (χ3n) is 1.84. The van der Waals surface area contributed by atoms with E-state index in [9.17, 15) is 0 Å². The summed E-state index contributed by atoms with van der Waals surface area (Å²) in [4.78, 5) is 4.26. The van der Waals surface area contributed by atoms with E-state index in [2.05, 4.69) is 4.98 Å². The molecule has 2 rings (SSSR count). The highest BCUT2D eigenvalue weighted by atomic mass is 32.2. The molecule has 0 radical (unpaired) electrons. The topological polar surface area (TPSA) is 52.0 Å². The van der Waals surface area contributed by atoms with E-state index in [0.717, 1.165) is 16.7 Å². The van der Waals surface area contributed by atoms with Crippen molar-refractivity contribution in [3.05, 3.63) is 23.8 Å². The van der Waals surface area contributed by atoms with E-state index in [1.807, 2.05) is 24.5 Å². The van der Waals surface area contributed by atoms with E-state index < -0.39 is 0 Å². The molecule has 0 spiro atoms. The van der Waals surface area contributed by atoms with Gasteiger partial charge in [0.1, 0.15) is 5.52 Å². The number of benzene rings is 1. The first-order valence-electron chi connectivity index (χ1n) is 3.97. The van der Waals surface area contributed by atoms with Crippen molar-refractivity contribution >= 4 is 22.9 Å². The number of hydrogen-bond acceptors (Lipinski definition) is 4. The predicted octanol–water partition coefficient (Wildman–Crippen LogP) is 2.01. The van der Waals surface area contributed by atoms with Gasteiger partial charge in [-0.2, -0.15) is 0 Å². The zero-order valence-corrected chi connectivity index (χ0v) is 8.10. The van der Waals surface area contributed by atoms with Crippen molar-refractivity contribution in [2.75, 3.05) is 6.26 Å². The van der Waals surface area contributed by atoms with Crippen LogP contribution in [0.2, 0.25) is 0 Å². The zero-order chi connectivity index (χ0) is 9.26. The van der Waals surface area contributed by atoms with Crippen LogP contribution in [0.1, 0.15) is 5.56 Å². The SMILES string of the molecule is CSc1nc2ccc(CN)cc2o1. The summed E-state index contributed by atoms with van der Waals surface area (Å²) < 4.78 is 5.46. The smallest absolute Gasteiger partial charge is 0.256 e. The van der Waals surface area contributed by atoms with Crippen LogP contribution in [0.4, 0.5) is 0 Å². The van der Waals surface area contributed by atoms with Gasteiger partial charge in [-0.05, 0) is 24.0 Å². The summed E-state index contributed by atoms with van der Waals surface area (Å²) in [7, 11) is 0. The molecule has 0 aliphatic carbocycles. The number of nitrogens with zero attached hydrogens (tertiary/aromatic N) is 1. The largest absolute Gasteiger partial charge is 0.431 e. The standard InChI is InChI=1S/C9H10N2OS/c1-13-9-11-7-3-2-6(5-10)4-8(7)12-9/h2-4H,5,10H2,1H3. The summed E-state index contributed by atoms with van der Waals surface area (Å²) in [5.74, 6) is 0. The average molecular weight is 194 g/mol. The minimum absolute atomic E-state index is 0.533. The van der Waals surface area contributed by atoms with Gasteiger partial charge in [-0.15, -0.1) is 0 Å². The number of hydrogen-bond donors (Lipinski definition) is 1. The Balaban J connectivity index is 2.57. The van der Waals surface area contributed by atoms with E-state index in [4.69, 9.17) is 10.2 Å². The lowest BCUT2D eigenvalue weighted by molar-refractivity contribution is 0.490. The average Bonchev–Trinajstić information content (AvgIpc) is 2.58. The Hall–Kier alpha value is -1.00. The molecule has 0 bridgehead atoms. The monoisotopic (exact) mass is 194 g/mol. The Bertz CT molecular complexity index is 422. The number of fused-ring (bicyclic) bond motifs is 1. The Kier molecular flexibility index (Phi) is 2.24. The van der Waals surface area contributed by atoms with Gasteiger partial charge in [0, 0.05) is 6.54 Å². The van der Waals surface area contributed by atoms with Gasteiger partial charge in [-0.1, -0.05) is 17.8 Å². The molecule has 13 heavy (non-hydrogen) atoms. The molecule has 0 aliphatic heterocycles. The van der Waals surface area contributed by atoms with Crippen LogP contribution in [0.5, 0.6) is 0 Å². The van der Waals surface area contributed by atoms with E-state index >= 15 is 0 Å². The number of oxazole rings is 1. The van der Waals surface area contributed by atoms with Crippen LogP contribution in [0, 0.1) is 0 Å². The normalized spacial score (nSPS) is 10.9. The highest BCUT2D eigenvalue weighted by molar-refractivity contribution is 7.98. The number of thioether (sulfide) groups is 1. The van der Waals surface area contributed by atoms with Gasteiger partial charge in [-0.25, -0.2) is 4.98 Å². The maximum Gasteiger partial charge on any atom is 0.256 e. The molecule has 68 valence electrons. The molecule has 0 amide bonds. The predicted molar refractivity (Wildman–Crippen MR) is 53.7 cm³/mol. The summed E-state index contributed by atoms with van der Waals surface area (Å²) in [6, 6.07) is 5.83. The number of rotatable bonds is 2. The summed E-state index contributed by atoms with van der Waals surface area (Å²) in [5, 5.41) is 0.698. The van der Waals surface area contributed by atoms with E-state index in [0.29, 0.717) is 11.8 Å². The molecule has 0 saturated heterocycles. The van der Waals surface area contributed by atoms with Crippen LogP contribution in [0.3, 0.4) is 0 Å². The molecule has 0 saturated carbocycles. The molecule has 1 aromatic heterocycles. The molecule has 2 N–H and O–H groups in total. The first-order valence-corrected chi connectivity index (χ1v) is 5.19. The summed E-state index contributed by atoms with van der Waals surface area (Å²) in [6.45, 7) is 0.533. The summed E-state index contributed by atoms with van der Waals surface area (Å²) in [6.07, 6.45) is 1.94. The molecule has 0 atom stereocenters. The van der Waals surface area contributed by atoms with Crippen molar-refractivity contribution in [2.24, 2.45) is 5.73 Å². The van der Waals surface area contributed by atoms with E-state index in [-0.39, 0.29) is 0 Å². The number of nitrogens with two attached hydrogens (primary N) is 1. The van der Waals surface area contributed by atoms with Crippen LogP contribution in [-0.2, 0) is 6.54 Å². The van der Waals surface area contributed by atoms with Crippen molar-refractivity contribution in [3.63, 3.8) is 0 Å². The fourth-order valence-electron chi connectivity index (χ4n) is 1.16. The van der Waals surface area contributed by atoms with Gasteiger partial charge in [-0.3, -0.25) is 0 Å². The second kappa shape index (κ2) is 3.40. The highest BCUT2D eigenvalue weighted by Crippen LogP contribution is 2.22. The van der Waals surface area contributed by atoms with Crippen molar-refractivity contribution in [1.82, 2.24) is 4.98 Å². The molecule has 0 unspecified atom stereocenters. The van der Waals surface area contributed by atoms with Crippen LogP contribution < -0.4 is 5.73 Å². The van der Waals surface area contributed by atoms with Crippen LogP contribution in [0.15, 0.2) is 27.8 Å². The lowest BCUT2D eigenvalue weighted by Crippen LogP contribution is -1.94. The molecule has 1 aromatic carbocycles. The van der Waals surface area contributed by atoms with Gasteiger partial charge in [0.15, 0.2) is 5.58 Å². The molecule has 2 aromatic rings. The molecular weight excluding hydrogens is 184 g/mol. The van der Waals surface area contributed by atoms with Crippen LogP contribution >= 0.6 is 11.8 Å². The molecule has 0 aliphatic rings. The fraction of sp³-hybridized carbons (Fsp3) is 0.222. The lowest BCUT2D eigenvalue weighted by Gasteiger charge is -1.92. The zero-order valence-electron chi connectivity index (χ0n) is 7.28. The van der Waals surface area contributed by atoms with Gasteiger partial charge in [0.25, 0.3) is 5.22 Å². The van der Waals surface area contributed by atoms with Crippen molar-refractivity contribution < 1.29 is 4.42 Å². The molecule has 0 fully saturated rings. The summed E-state index contributed by atoms with van der Waals surface area (Å²) in [5.41, 5.74) is 8.28. The maximum absolute atomic E-state index is 5.51. The van der Waals surface area contributed by atoms with Gasteiger partial charge < -0.3 is 10.2 Å². The molecule has 1 heterocycles. The molecular formula is C9H10N2OS.